The average Bonchev–Trinajstić information content (AvgIpc) is 4.06. The Morgan fingerprint density at radius 1 is 0.944 bits per heavy atom. The van der Waals surface area contributed by atoms with Gasteiger partial charge in [0.1, 0.15) is 46.9 Å². The Kier molecular flexibility index (Phi) is 17.2. The molecule has 388 valence electrons. The fraction of sp³-hybridized carbons (Fsp3) is 0.580. The van der Waals surface area contributed by atoms with E-state index in [0.29, 0.717) is 72.9 Å². The number of aliphatic imine (C=N–C) groups is 1. The molecule has 9 N–H and O–H groups in total. The lowest BCUT2D eigenvalue weighted by molar-refractivity contribution is -0.150. The van der Waals surface area contributed by atoms with Crippen LogP contribution < -0.4 is 36.9 Å². The predicted octanol–water partition coefficient (Wildman–Crippen LogP) is 2.84. The first kappa shape index (κ1) is 54.2. The van der Waals surface area contributed by atoms with Gasteiger partial charge in [0.05, 0.1) is 10.9 Å². The number of guanidine groups is 1. The molecule has 4 aliphatic rings. The van der Waals surface area contributed by atoms with Crippen LogP contribution in [0.4, 0.5) is 4.39 Å². The number of carbonyl (C=O) groups is 6. The van der Waals surface area contributed by atoms with Crippen molar-refractivity contribution in [1.29, 1.82) is 0 Å². The molecule has 71 heavy (non-hydrogen) atoms. The normalized spacial score (nSPS) is 20.4. The van der Waals surface area contributed by atoms with E-state index in [4.69, 9.17) is 16.2 Å². The van der Waals surface area contributed by atoms with Crippen molar-refractivity contribution in [3.05, 3.63) is 70.6 Å². The summed E-state index contributed by atoms with van der Waals surface area (Å²) in [5.41, 5.74) is 13.3. The molecule has 2 saturated heterocycles. The lowest BCUT2D eigenvalue weighted by Crippen LogP contribution is -2.67. The zero-order valence-electron chi connectivity index (χ0n) is 41.4. The molecule has 0 bridgehead atoms. The molecule has 6 rings (SSSR count). The van der Waals surface area contributed by atoms with Crippen molar-refractivity contribution in [1.82, 2.24) is 30.5 Å². The Hall–Kier alpha value is -6.09. The van der Waals surface area contributed by atoms with Crippen LogP contribution in [-0.2, 0) is 51.6 Å². The number of halogens is 1. The van der Waals surface area contributed by atoms with Gasteiger partial charge in [-0.3, -0.25) is 29.0 Å². The minimum atomic E-state index is -4.21. The lowest BCUT2D eigenvalue weighted by atomic mass is 9.75. The fourth-order valence-corrected chi connectivity index (χ4v) is 11.7. The van der Waals surface area contributed by atoms with Crippen molar-refractivity contribution >= 4 is 51.5 Å². The number of hydrogen-bond donors (Lipinski definition) is 7. The summed E-state index contributed by atoms with van der Waals surface area (Å²) < 4.78 is 50.3. The number of sulfonamides is 1. The Labute approximate surface area is 415 Å². The van der Waals surface area contributed by atoms with E-state index in [0.717, 1.165) is 5.56 Å². The summed E-state index contributed by atoms with van der Waals surface area (Å²) >= 11 is 0. The summed E-state index contributed by atoms with van der Waals surface area (Å²) in [6, 6.07) is 0.120. The Morgan fingerprint density at radius 3 is 2.24 bits per heavy atom. The third-order valence-electron chi connectivity index (χ3n) is 14.2. The molecule has 1 aliphatic carbocycles. The Balaban J connectivity index is 1.15. The molecule has 0 aromatic heterocycles. The van der Waals surface area contributed by atoms with Crippen LogP contribution in [0.1, 0.15) is 119 Å². The maximum Gasteiger partial charge on any atom is 0.326 e. The number of benzene rings is 2. The molecule has 19 nitrogen and oxygen atoms in total. The molecule has 3 aliphatic heterocycles. The number of fused-ring (bicyclic) bond motifs is 1. The molecule has 21 heteroatoms. The van der Waals surface area contributed by atoms with Crippen LogP contribution in [0.3, 0.4) is 0 Å². The summed E-state index contributed by atoms with van der Waals surface area (Å²) in [5.74, 6) is -4.49. The number of nitrogens with one attached hydrogen (secondary N) is 4. The number of carboxylic acid groups (broad SMARTS) is 1. The molecule has 0 unspecified atom stereocenters. The number of unbranched alkanes of at least 4 members (excludes halogenated alkanes) is 1. The number of nitrogens with zero attached hydrogens (tertiary/aromatic N) is 3. The zero-order chi connectivity index (χ0) is 52.0. The number of hydrogen-bond acceptors (Lipinski definition) is 11. The largest absolute Gasteiger partial charge is 0.487 e. The van der Waals surface area contributed by atoms with E-state index in [2.05, 4.69) is 32.2 Å². The van der Waals surface area contributed by atoms with Crippen molar-refractivity contribution in [3.8, 4) is 5.75 Å². The highest BCUT2D eigenvalue weighted by atomic mass is 32.2. The second kappa shape index (κ2) is 22.5. The minimum Gasteiger partial charge on any atom is -0.487 e. The van der Waals surface area contributed by atoms with E-state index in [1.807, 2.05) is 13.8 Å². The smallest absolute Gasteiger partial charge is 0.326 e. The molecule has 3 heterocycles. The van der Waals surface area contributed by atoms with Gasteiger partial charge in [-0.2, -0.15) is 0 Å². The van der Waals surface area contributed by atoms with Gasteiger partial charge in [-0.05, 0) is 146 Å². The van der Waals surface area contributed by atoms with Crippen LogP contribution in [0.25, 0.3) is 0 Å². The van der Waals surface area contributed by atoms with E-state index in [1.165, 1.54) is 28.0 Å². The molecule has 5 atom stereocenters. The fourth-order valence-electron chi connectivity index (χ4n) is 10.2. The molecular formula is C50H70FN9O10S. The highest BCUT2D eigenvalue weighted by molar-refractivity contribution is 7.90. The monoisotopic (exact) mass is 1010 g/mol. The minimum absolute atomic E-state index is 0.0414. The van der Waals surface area contributed by atoms with E-state index in [-0.39, 0.29) is 69.5 Å². The highest BCUT2D eigenvalue weighted by Gasteiger charge is 2.50. The molecule has 0 radical (unpaired) electrons. The van der Waals surface area contributed by atoms with Crippen molar-refractivity contribution in [3.63, 3.8) is 0 Å². The van der Waals surface area contributed by atoms with Crippen LogP contribution in [-0.4, -0.2) is 126 Å². The van der Waals surface area contributed by atoms with Crippen molar-refractivity contribution in [2.24, 2.45) is 16.5 Å². The SMILES string of the molecule is C=CCCC[C@H](N)C(=O)N[C@@H](Cc1cccc(F)c1)C(=O)N1CCC[C@H]1C(=O)NC1(C(=O)N[C@@H](CCCN=C(N)NS(=O)(=O)c2c(C)c(C)c3c(c2C)CC(C)(C)O3)C(=O)N2CCC[C@H]2C(=O)O)CCC1. The highest BCUT2D eigenvalue weighted by Crippen LogP contribution is 2.44. The summed E-state index contributed by atoms with van der Waals surface area (Å²) in [6.45, 7) is 13.0. The lowest BCUT2D eigenvalue weighted by Gasteiger charge is -2.43. The molecular weight excluding hydrogens is 938 g/mol. The van der Waals surface area contributed by atoms with Gasteiger partial charge >= 0.3 is 5.97 Å². The van der Waals surface area contributed by atoms with Gasteiger partial charge in [-0.1, -0.05) is 18.2 Å². The van der Waals surface area contributed by atoms with Gasteiger partial charge < -0.3 is 47.1 Å². The average molecular weight is 1010 g/mol. The van der Waals surface area contributed by atoms with Crippen LogP contribution in [0.5, 0.6) is 5.75 Å². The van der Waals surface area contributed by atoms with Crippen LogP contribution in [0, 0.1) is 26.6 Å². The number of carboxylic acids is 1. The van der Waals surface area contributed by atoms with Gasteiger partial charge in [0.25, 0.3) is 10.0 Å². The first-order chi connectivity index (χ1) is 33.5. The van der Waals surface area contributed by atoms with E-state index < -0.39 is 98.7 Å². The van der Waals surface area contributed by atoms with E-state index >= 15 is 0 Å². The number of allylic oxidation sites excluding steroid dienone is 1. The second-order valence-electron chi connectivity index (χ2n) is 20.0. The Bertz CT molecular complexity index is 2550. The number of carbonyl (C=O) groups excluding carboxylic acids is 5. The summed E-state index contributed by atoms with van der Waals surface area (Å²) in [7, 11) is -4.21. The molecule has 5 amide bonds. The van der Waals surface area contributed by atoms with Gasteiger partial charge in [-0.15, -0.1) is 6.58 Å². The van der Waals surface area contributed by atoms with Gasteiger partial charge in [0.2, 0.25) is 35.5 Å². The Morgan fingerprint density at radius 2 is 1.61 bits per heavy atom. The number of amides is 5. The number of likely N-dealkylation sites (tertiary alicyclic amines) is 2. The van der Waals surface area contributed by atoms with Crippen molar-refractivity contribution < 1.29 is 51.4 Å². The molecule has 1 saturated carbocycles. The first-order valence-electron chi connectivity index (χ1n) is 24.5. The number of rotatable bonds is 21. The summed E-state index contributed by atoms with van der Waals surface area (Å²) in [5, 5.41) is 18.4. The predicted molar refractivity (Wildman–Crippen MR) is 263 cm³/mol. The van der Waals surface area contributed by atoms with Gasteiger partial charge in [0.15, 0.2) is 0 Å². The molecule has 0 spiro atoms. The molecule has 3 fully saturated rings. The topological polar surface area (TPSA) is 285 Å². The number of ether oxygens (including phenoxy) is 1. The van der Waals surface area contributed by atoms with Gasteiger partial charge in [-0.25, -0.2) is 22.3 Å². The van der Waals surface area contributed by atoms with E-state index in [9.17, 15) is 46.7 Å². The quantitative estimate of drug-likeness (QED) is 0.0412. The van der Waals surface area contributed by atoms with Crippen molar-refractivity contribution in [2.75, 3.05) is 19.6 Å². The molecule has 2 aromatic rings. The number of nitrogens with two attached hydrogens (primary N) is 2. The standard InChI is InChI=1S/C50H70FN9O10S/c1-7-8-9-17-35(52)42(61)55-37(27-32-15-10-16-33(51)26-32)45(64)59-24-12-19-38(59)43(62)57-50(21-14-22-50)47(67)56-36(44(63)60-25-13-20-39(60)46(65)66)18-11-23-54-48(53)58-71(68,69)41-30(3)29(2)40-34(31(41)4)28-49(5,6)70-40/h7,10,15-16,26,35-39H,1,8-9,11-14,17-25,27-28,52H2,2-6H3,(H,55,61)(H,56,67)(H,57,62)(H,65,66)(H3,53,54,58)/t35-,36-,37-,38-,39-/m0/s1. The van der Waals surface area contributed by atoms with E-state index in [1.54, 1.807) is 32.9 Å². The van der Waals surface area contributed by atoms with Crippen LogP contribution in [0.2, 0.25) is 0 Å². The summed E-state index contributed by atoms with van der Waals surface area (Å²) in [6.07, 6.45) is 6.13. The maximum atomic E-state index is 14.4. The third-order valence-corrected chi connectivity index (χ3v) is 15.8. The van der Waals surface area contributed by atoms with Crippen LogP contribution >= 0.6 is 0 Å². The maximum absolute atomic E-state index is 14.4. The molecule has 2 aromatic carbocycles. The van der Waals surface area contributed by atoms with Crippen molar-refractivity contribution in [2.45, 2.75) is 171 Å². The number of aliphatic carboxylic acids is 1. The first-order valence-corrected chi connectivity index (χ1v) is 26.0. The zero-order valence-corrected chi connectivity index (χ0v) is 42.2. The third kappa shape index (κ3) is 12.5. The van der Waals surface area contributed by atoms with Crippen LogP contribution in [0.15, 0.2) is 46.8 Å². The second-order valence-corrected chi connectivity index (χ2v) is 21.6. The van der Waals surface area contributed by atoms with Gasteiger partial charge in [0, 0.05) is 38.0 Å². The summed E-state index contributed by atoms with van der Waals surface area (Å²) in [4.78, 5) is 89.4.